The molecule has 2 rings (SSSR count). The van der Waals surface area contributed by atoms with Gasteiger partial charge >= 0.3 is 12.4 Å². The van der Waals surface area contributed by atoms with Crippen molar-refractivity contribution < 1.29 is 26.3 Å². The molecule has 1 saturated heterocycles. The molecule has 1 saturated carbocycles. The van der Waals surface area contributed by atoms with Gasteiger partial charge in [-0.15, -0.1) is 11.6 Å². The molecule has 1 N–H and O–H groups in total. The topological polar surface area (TPSA) is 12.0 Å². The van der Waals surface area contributed by atoms with Gasteiger partial charge in [-0.1, -0.05) is 15.9 Å². The second-order valence-electron chi connectivity index (χ2n) is 4.28. The Kier molecular flexibility index (Phi) is 2.96. The van der Waals surface area contributed by atoms with E-state index < -0.39 is 40.1 Å². The van der Waals surface area contributed by atoms with Gasteiger partial charge in [-0.05, 0) is 6.42 Å². The number of piperidine rings is 1. The maximum atomic E-state index is 12.8. The van der Waals surface area contributed by atoms with Crippen LogP contribution in [0.1, 0.15) is 6.42 Å². The van der Waals surface area contributed by atoms with Crippen LogP contribution < -0.4 is 5.32 Å². The van der Waals surface area contributed by atoms with E-state index in [0.29, 0.717) is 0 Å². The van der Waals surface area contributed by atoms with Crippen molar-refractivity contribution in [3.63, 3.8) is 0 Å². The van der Waals surface area contributed by atoms with Crippen LogP contribution in [-0.2, 0) is 0 Å². The van der Waals surface area contributed by atoms with E-state index in [4.69, 9.17) is 11.6 Å². The maximum absolute atomic E-state index is 12.8. The quantitative estimate of drug-likeness (QED) is 0.525. The second-order valence-corrected chi connectivity index (χ2v) is 5.96. The van der Waals surface area contributed by atoms with Crippen molar-refractivity contribution in [2.24, 2.45) is 5.92 Å². The zero-order chi connectivity index (χ0) is 13.2. The minimum absolute atomic E-state index is 0.245. The minimum atomic E-state index is -5.41. The summed E-state index contributed by atoms with van der Waals surface area (Å²) in [6.45, 7) is 0. The highest BCUT2D eigenvalue weighted by atomic mass is 79.9. The van der Waals surface area contributed by atoms with Crippen LogP contribution in [-0.4, -0.2) is 34.1 Å². The van der Waals surface area contributed by atoms with E-state index in [1.807, 2.05) is 0 Å². The molecule has 4 atom stereocenters. The Bertz CT molecular complexity index is 315. The van der Waals surface area contributed by atoms with Crippen molar-refractivity contribution in [2.75, 3.05) is 0 Å². The molecule has 0 aromatic carbocycles. The molecule has 9 heteroatoms. The Balaban J connectivity index is 2.48. The van der Waals surface area contributed by atoms with Crippen LogP contribution >= 0.6 is 27.5 Å². The van der Waals surface area contributed by atoms with Crippen LogP contribution in [0.25, 0.3) is 0 Å². The molecule has 100 valence electrons. The van der Waals surface area contributed by atoms with Gasteiger partial charge in [0.2, 0.25) is 5.54 Å². The summed E-state index contributed by atoms with van der Waals surface area (Å²) < 4.78 is 76.9. The second kappa shape index (κ2) is 3.66. The van der Waals surface area contributed by atoms with Gasteiger partial charge in [0, 0.05) is 16.8 Å². The van der Waals surface area contributed by atoms with E-state index >= 15 is 0 Å². The lowest BCUT2D eigenvalue weighted by molar-refractivity contribution is -0.318. The number of fused-ring (bicyclic) bond motifs is 2. The van der Waals surface area contributed by atoms with Crippen LogP contribution in [0.4, 0.5) is 26.3 Å². The molecular weight excluding hydrogens is 339 g/mol. The van der Waals surface area contributed by atoms with Gasteiger partial charge in [-0.3, -0.25) is 5.32 Å². The van der Waals surface area contributed by atoms with E-state index in [0.717, 1.165) is 0 Å². The average Bonchev–Trinajstić information content (AvgIpc) is 2.53. The van der Waals surface area contributed by atoms with Crippen molar-refractivity contribution >= 4 is 27.5 Å². The number of alkyl halides is 8. The standard InChI is InChI=1S/C8H7BrClF6N/c9-3-1-2-4(10)5(3)17-6(2,7(11,12)13)8(14,15)16/h2-5,17H,1H2/t2-,3+,4-,5-/m0/s1. The Hall–Kier alpha value is 0.310. The highest BCUT2D eigenvalue weighted by molar-refractivity contribution is 9.09. The molecule has 1 aliphatic carbocycles. The first-order valence-corrected chi connectivity index (χ1v) is 6.07. The summed E-state index contributed by atoms with van der Waals surface area (Å²) in [4.78, 5) is -0.465. The van der Waals surface area contributed by atoms with Crippen LogP contribution in [0.3, 0.4) is 0 Å². The van der Waals surface area contributed by atoms with Crippen molar-refractivity contribution in [2.45, 2.75) is 40.6 Å². The molecule has 17 heavy (non-hydrogen) atoms. The van der Waals surface area contributed by atoms with E-state index in [1.54, 1.807) is 5.32 Å². The normalized spacial score (nSPS) is 40.9. The predicted molar refractivity (Wildman–Crippen MR) is 52.2 cm³/mol. The molecule has 1 nitrogen and oxygen atoms in total. The fourth-order valence-corrected chi connectivity index (χ4v) is 4.24. The van der Waals surface area contributed by atoms with Gasteiger partial charge in [0.15, 0.2) is 0 Å². The van der Waals surface area contributed by atoms with Crippen LogP contribution in [0.2, 0.25) is 0 Å². The number of nitrogens with one attached hydrogen (secondary N) is 1. The third-order valence-electron chi connectivity index (χ3n) is 3.44. The third-order valence-corrected chi connectivity index (χ3v) is 4.96. The first-order valence-electron chi connectivity index (χ1n) is 4.71. The predicted octanol–water partition coefficient (Wildman–Crippen LogP) is 3.21. The van der Waals surface area contributed by atoms with Gasteiger partial charge < -0.3 is 0 Å². The summed E-state index contributed by atoms with van der Waals surface area (Å²) in [5, 5.41) is 0.476. The molecule has 2 fully saturated rings. The SMILES string of the molecule is FC(F)(F)C1(C(F)(F)F)N[C@@H]2[C@@H](Cl)[C@@H]1C[C@H]2Br. The fraction of sp³-hybridized carbons (Fsp3) is 1.00. The molecule has 0 spiro atoms. The van der Waals surface area contributed by atoms with Crippen LogP contribution in [0.15, 0.2) is 0 Å². The number of hydrogen-bond donors (Lipinski definition) is 1. The van der Waals surface area contributed by atoms with Crippen molar-refractivity contribution in [3.8, 4) is 0 Å². The molecule has 2 bridgehead atoms. The Morgan fingerprint density at radius 3 is 1.82 bits per heavy atom. The van der Waals surface area contributed by atoms with Crippen LogP contribution in [0.5, 0.6) is 0 Å². The summed E-state index contributed by atoms with van der Waals surface area (Å²) in [6.07, 6.45) is -11.1. The molecule has 0 aromatic heterocycles. The zero-order valence-corrected chi connectivity index (χ0v) is 10.4. The van der Waals surface area contributed by atoms with Crippen molar-refractivity contribution in [1.29, 1.82) is 0 Å². The lowest BCUT2D eigenvalue weighted by atomic mass is 9.82. The summed E-state index contributed by atoms with van der Waals surface area (Å²) >= 11 is 8.71. The minimum Gasteiger partial charge on any atom is -0.290 e. The monoisotopic (exact) mass is 345 g/mol. The Morgan fingerprint density at radius 1 is 1.12 bits per heavy atom. The Morgan fingerprint density at radius 2 is 1.59 bits per heavy atom. The smallest absolute Gasteiger partial charge is 0.290 e. The third kappa shape index (κ3) is 1.63. The molecule has 0 unspecified atom stereocenters. The van der Waals surface area contributed by atoms with Crippen molar-refractivity contribution in [3.05, 3.63) is 0 Å². The molecule has 1 heterocycles. The molecule has 2 aliphatic rings. The number of halogens is 8. The van der Waals surface area contributed by atoms with E-state index in [-0.39, 0.29) is 6.42 Å². The summed E-state index contributed by atoms with van der Waals surface area (Å²) in [5.74, 6) is -1.70. The highest BCUT2D eigenvalue weighted by Gasteiger charge is 2.81. The maximum Gasteiger partial charge on any atom is 0.415 e. The summed E-state index contributed by atoms with van der Waals surface area (Å²) in [5.41, 5.74) is -3.87. The summed E-state index contributed by atoms with van der Waals surface area (Å²) in [6, 6.07) is -1.02. The van der Waals surface area contributed by atoms with Gasteiger partial charge in [0.1, 0.15) is 0 Å². The molecule has 0 amide bonds. The zero-order valence-electron chi connectivity index (χ0n) is 8.04. The molecule has 1 aliphatic heterocycles. The van der Waals surface area contributed by atoms with Crippen LogP contribution in [0, 0.1) is 5.92 Å². The van der Waals surface area contributed by atoms with Gasteiger partial charge in [-0.2, -0.15) is 26.3 Å². The Labute approximate surface area is 106 Å². The lowest BCUT2D eigenvalue weighted by Crippen LogP contribution is -2.70. The number of hydrogen-bond acceptors (Lipinski definition) is 1. The fourth-order valence-electron chi connectivity index (χ4n) is 2.67. The first-order chi connectivity index (χ1) is 7.52. The largest absolute Gasteiger partial charge is 0.415 e. The number of rotatable bonds is 0. The van der Waals surface area contributed by atoms with Gasteiger partial charge in [-0.25, -0.2) is 0 Å². The van der Waals surface area contributed by atoms with E-state index in [2.05, 4.69) is 15.9 Å². The van der Waals surface area contributed by atoms with Gasteiger partial charge in [0.25, 0.3) is 0 Å². The molecule has 0 aromatic rings. The first kappa shape index (κ1) is 13.7. The molecular formula is C8H7BrClF6N. The average molecular weight is 346 g/mol. The van der Waals surface area contributed by atoms with Crippen molar-refractivity contribution in [1.82, 2.24) is 5.32 Å². The highest BCUT2D eigenvalue weighted by Crippen LogP contribution is 2.59. The summed E-state index contributed by atoms with van der Waals surface area (Å²) in [7, 11) is 0. The van der Waals surface area contributed by atoms with E-state index in [1.165, 1.54) is 0 Å². The molecule has 0 radical (unpaired) electrons. The van der Waals surface area contributed by atoms with Gasteiger partial charge in [0.05, 0.1) is 5.38 Å². The van der Waals surface area contributed by atoms with E-state index in [9.17, 15) is 26.3 Å². The lowest BCUT2D eigenvalue weighted by Gasteiger charge is -2.41.